The van der Waals surface area contributed by atoms with Crippen molar-refractivity contribution in [2.24, 2.45) is 5.73 Å². The number of carbonyl (C=O) groups is 5. The number of alkyl carbamates (subject to hydrolysis) is 2. The van der Waals surface area contributed by atoms with Crippen molar-refractivity contribution in [3.8, 4) is 0 Å². The molecule has 45 heavy (non-hydrogen) atoms. The highest BCUT2D eigenvalue weighted by molar-refractivity contribution is 5.85. The second-order valence-corrected chi connectivity index (χ2v) is 9.86. The van der Waals surface area contributed by atoms with Gasteiger partial charge in [0.05, 0.1) is 6.04 Å². The molecule has 0 saturated carbocycles. The molecule has 2 atom stereocenters. The predicted octanol–water partition coefficient (Wildman–Crippen LogP) is 2.41. The van der Waals surface area contributed by atoms with Gasteiger partial charge in [0.2, 0.25) is 11.8 Å². The van der Waals surface area contributed by atoms with Gasteiger partial charge in [0.1, 0.15) is 13.2 Å². The van der Waals surface area contributed by atoms with Gasteiger partial charge < -0.3 is 46.9 Å². The number of halogens is 1. The van der Waals surface area contributed by atoms with Crippen molar-refractivity contribution >= 4 is 42.5 Å². The van der Waals surface area contributed by atoms with E-state index in [1.807, 2.05) is 60.7 Å². The lowest BCUT2D eigenvalue weighted by Crippen LogP contribution is -2.43. The Hall–Kier alpha value is -4.56. The highest BCUT2D eigenvalue weighted by Gasteiger charge is 2.18. The third-order valence-corrected chi connectivity index (χ3v) is 6.23. The maximum Gasteiger partial charge on any atom is 0.407 e. The molecule has 8 N–H and O–H groups in total. The summed E-state index contributed by atoms with van der Waals surface area (Å²) in [4.78, 5) is 59.7. The summed E-state index contributed by atoms with van der Waals surface area (Å²) >= 11 is 0. The van der Waals surface area contributed by atoms with Gasteiger partial charge in [-0.2, -0.15) is 0 Å². The van der Waals surface area contributed by atoms with Crippen molar-refractivity contribution in [2.75, 3.05) is 26.2 Å². The first-order chi connectivity index (χ1) is 21.2. The SMILES string of the molecule is Cl.N[C@@H](CCCNC(=O)O)C(=O)NCCC[C@@H](CC(=O)NCCNC(=O)OCc1ccccc1)NC(=O)OCc1ccccc1. The van der Waals surface area contributed by atoms with Gasteiger partial charge in [-0.25, -0.2) is 14.4 Å². The molecule has 2 aromatic rings. The topological polar surface area (TPSA) is 210 Å². The Labute approximate surface area is 268 Å². The largest absolute Gasteiger partial charge is 0.465 e. The molecule has 2 aromatic carbocycles. The number of carboxylic acid groups (broad SMARTS) is 1. The Kier molecular flexibility index (Phi) is 19.6. The highest BCUT2D eigenvalue weighted by Crippen LogP contribution is 2.06. The molecule has 0 aliphatic heterocycles. The van der Waals surface area contributed by atoms with E-state index < -0.39 is 30.4 Å². The summed E-state index contributed by atoms with van der Waals surface area (Å²) in [5.74, 6) is -0.724. The minimum Gasteiger partial charge on any atom is -0.465 e. The molecule has 0 aliphatic rings. The van der Waals surface area contributed by atoms with E-state index in [0.717, 1.165) is 11.1 Å². The third kappa shape index (κ3) is 18.7. The third-order valence-electron chi connectivity index (χ3n) is 6.23. The molecular weight excluding hydrogens is 608 g/mol. The molecule has 0 radical (unpaired) electrons. The van der Waals surface area contributed by atoms with Crippen LogP contribution in [0.15, 0.2) is 60.7 Å². The minimum atomic E-state index is -1.14. The zero-order valence-corrected chi connectivity index (χ0v) is 25.8. The van der Waals surface area contributed by atoms with Crippen molar-refractivity contribution in [1.82, 2.24) is 26.6 Å². The molecule has 0 fully saturated rings. The summed E-state index contributed by atoms with van der Waals surface area (Å²) in [5, 5.41) is 21.5. The van der Waals surface area contributed by atoms with Crippen molar-refractivity contribution in [3.05, 3.63) is 71.8 Å². The number of nitrogens with two attached hydrogens (primary N) is 1. The van der Waals surface area contributed by atoms with Crippen LogP contribution >= 0.6 is 12.4 Å². The van der Waals surface area contributed by atoms with Crippen LogP contribution in [0.25, 0.3) is 0 Å². The molecule has 5 amide bonds. The quantitative estimate of drug-likeness (QED) is 0.111. The number of hydrogen-bond acceptors (Lipinski definition) is 8. The van der Waals surface area contributed by atoms with Gasteiger partial charge >= 0.3 is 18.3 Å². The fourth-order valence-corrected chi connectivity index (χ4v) is 3.93. The summed E-state index contributed by atoms with van der Waals surface area (Å²) in [5.41, 5.74) is 7.52. The summed E-state index contributed by atoms with van der Waals surface area (Å²) in [6.45, 7) is 0.945. The second kappa shape index (κ2) is 22.9. The molecular formula is C30H43ClN6O8. The number of carbonyl (C=O) groups excluding carboxylic acids is 4. The van der Waals surface area contributed by atoms with Crippen molar-refractivity contribution in [1.29, 1.82) is 0 Å². The van der Waals surface area contributed by atoms with Gasteiger partial charge in [-0.1, -0.05) is 60.7 Å². The smallest absolute Gasteiger partial charge is 0.407 e. The number of benzene rings is 2. The van der Waals surface area contributed by atoms with E-state index in [-0.39, 0.29) is 70.0 Å². The van der Waals surface area contributed by atoms with Crippen LogP contribution in [-0.4, -0.2) is 73.5 Å². The Morgan fingerprint density at radius 1 is 0.689 bits per heavy atom. The number of hydrogen-bond donors (Lipinski definition) is 7. The van der Waals surface area contributed by atoms with Crippen LogP contribution in [0.2, 0.25) is 0 Å². The van der Waals surface area contributed by atoms with Gasteiger partial charge in [-0.05, 0) is 36.8 Å². The first-order valence-corrected chi connectivity index (χ1v) is 14.4. The Balaban J connectivity index is 0.0000101. The average Bonchev–Trinajstić information content (AvgIpc) is 3.02. The average molecular weight is 651 g/mol. The Bertz CT molecular complexity index is 1180. The second-order valence-electron chi connectivity index (χ2n) is 9.86. The van der Waals surface area contributed by atoms with Crippen molar-refractivity contribution in [3.63, 3.8) is 0 Å². The maximum absolute atomic E-state index is 12.6. The number of nitrogens with one attached hydrogen (secondary N) is 5. The van der Waals surface area contributed by atoms with Gasteiger partial charge in [-0.3, -0.25) is 9.59 Å². The van der Waals surface area contributed by atoms with Crippen LogP contribution in [0.4, 0.5) is 14.4 Å². The van der Waals surface area contributed by atoms with Gasteiger partial charge in [0.15, 0.2) is 0 Å². The molecule has 248 valence electrons. The maximum atomic E-state index is 12.6. The van der Waals surface area contributed by atoms with E-state index in [9.17, 15) is 24.0 Å². The molecule has 0 saturated heterocycles. The van der Waals surface area contributed by atoms with E-state index in [0.29, 0.717) is 25.7 Å². The molecule has 15 heteroatoms. The van der Waals surface area contributed by atoms with Gasteiger partial charge in [0, 0.05) is 38.6 Å². The van der Waals surface area contributed by atoms with Crippen LogP contribution in [0.1, 0.15) is 43.2 Å². The lowest BCUT2D eigenvalue weighted by Gasteiger charge is -2.19. The van der Waals surface area contributed by atoms with E-state index in [1.54, 1.807) is 0 Å². The van der Waals surface area contributed by atoms with Crippen LogP contribution in [0, 0.1) is 0 Å². The lowest BCUT2D eigenvalue weighted by molar-refractivity contribution is -0.123. The lowest BCUT2D eigenvalue weighted by atomic mass is 10.1. The molecule has 0 unspecified atom stereocenters. The molecule has 0 aromatic heterocycles. The predicted molar refractivity (Wildman–Crippen MR) is 169 cm³/mol. The van der Waals surface area contributed by atoms with E-state index in [1.165, 1.54) is 0 Å². The van der Waals surface area contributed by atoms with E-state index in [2.05, 4.69) is 26.6 Å². The van der Waals surface area contributed by atoms with Gasteiger partial charge in [-0.15, -0.1) is 12.4 Å². The normalized spacial score (nSPS) is 11.5. The van der Waals surface area contributed by atoms with E-state index >= 15 is 0 Å². The first-order valence-electron chi connectivity index (χ1n) is 14.4. The van der Waals surface area contributed by atoms with E-state index in [4.69, 9.17) is 20.3 Å². The van der Waals surface area contributed by atoms with Crippen LogP contribution < -0.4 is 32.3 Å². The fourth-order valence-electron chi connectivity index (χ4n) is 3.93. The summed E-state index contributed by atoms with van der Waals surface area (Å²) in [6, 6.07) is 17.0. The Morgan fingerprint density at radius 2 is 1.22 bits per heavy atom. The summed E-state index contributed by atoms with van der Waals surface area (Å²) in [6.07, 6.45) is -0.970. The number of rotatable bonds is 19. The zero-order chi connectivity index (χ0) is 32.0. The zero-order valence-electron chi connectivity index (χ0n) is 25.0. The van der Waals surface area contributed by atoms with Crippen LogP contribution in [0.3, 0.4) is 0 Å². The van der Waals surface area contributed by atoms with Gasteiger partial charge in [0.25, 0.3) is 0 Å². The van der Waals surface area contributed by atoms with Crippen molar-refractivity contribution < 1.29 is 38.6 Å². The monoisotopic (exact) mass is 650 g/mol. The summed E-state index contributed by atoms with van der Waals surface area (Å²) in [7, 11) is 0. The molecule has 0 spiro atoms. The molecule has 0 aliphatic carbocycles. The first kappa shape index (κ1) is 38.5. The van der Waals surface area contributed by atoms with Crippen molar-refractivity contribution in [2.45, 2.75) is 57.4 Å². The fraction of sp³-hybridized carbons (Fsp3) is 0.433. The molecule has 0 bridgehead atoms. The highest BCUT2D eigenvalue weighted by atomic mass is 35.5. The minimum absolute atomic E-state index is 0. The summed E-state index contributed by atoms with van der Waals surface area (Å²) < 4.78 is 10.4. The molecule has 2 rings (SSSR count). The standard InChI is InChI=1S/C30H42N6O8.ClH/c31-25(14-8-16-34-28(39)40)27(38)33-15-7-13-24(36-30(42)44-21-23-11-5-2-6-12-23)19-26(37)32-17-18-35-29(41)43-20-22-9-3-1-4-10-22;/h1-6,9-12,24-25,34H,7-8,13-21,31H2,(H,32,37)(H,33,38)(H,35,41)(H,36,42)(H,39,40);1H/t24-,25-;/m0./s1. The Morgan fingerprint density at radius 3 is 1.82 bits per heavy atom. The molecule has 14 nitrogen and oxygen atoms in total. The number of ether oxygens (including phenoxy) is 2. The number of amides is 5. The molecule has 0 heterocycles. The van der Waals surface area contributed by atoms with Crippen LogP contribution in [-0.2, 0) is 32.3 Å². The van der Waals surface area contributed by atoms with Crippen LogP contribution in [0.5, 0.6) is 0 Å².